The lowest BCUT2D eigenvalue weighted by atomic mass is 10.1. The van der Waals surface area contributed by atoms with E-state index in [4.69, 9.17) is 9.15 Å². The summed E-state index contributed by atoms with van der Waals surface area (Å²) < 4.78 is 11.4. The normalized spacial score (nSPS) is 11.1. The van der Waals surface area contributed by atoms with Crippen molar-refractivity contribution < 1.29 is 9.15 Å². The second kappa shape index (κ2) is 7.90. The van der Waals surface area contributed by atoms with E-state index in [1.54, 1.807) is 0 Å². The molecule has 7 heteroatoms. The Morgan fingerprint density at radius 2 is 1.96 bits per heavy atom. The lowest BCUT2D eigenvalue weighted by molar-refractivity contribution is 0.250. The fourth-order valence-corrected chi connectivity index (χ4v) is 3.53. The van der Waals surface area contributed by atoms with Crippen molar-refractivity contribution in [3.63, 3.8) is 0 Å². The quantitative estimate of drug-likeness (QED) is 0.489. The van der Waals surface area contributed by atoms with Gasteiger partial charge in [-0.25, -0.2) is 0 Å². The van der Waals surface area contributed by atoms with Gasteiger partial charge in [0.1, 0.15) is 5.75 Å². The Balaban J connectivity index is 1.40. The molecule has 142 valence electrons. The molecule has 1 N–H and O–H groups in total. The van der Waals surface area contributed by atoms with E-state index in [9.17, 15) is 4.79 Å². The van der Waals surface area contributed by atoms with Crippen molar-refractivity contribution in [3.05, 3.63) is 81.6 Å². The maximum atomic E-state index is 12.2. The summed E-state index contributed by atoms with van der Waals surface area (Å²) in [6.45, 7) is 4.23. The predicted molar refractivity (Wildman–Crippen MR) is 109 cm³/mol. The van der Waals surface area contributed by atoms with Gasteiger partial charge >= 0.3 is 0 Å². The maximum Gasteiger partial charge on any atom is 0.277 e. The Morgan fingerprint density at radius 3 is 2.86 bits per heavy atom. The number of pyridine rings is 1. The maximum absolute atomic E-state index is 12.2. The first kappa shape index (κ1) is 18.3. The number of hydrogen-bond acceptors (Lipinski definition) is 6. The molecule has 0 bridgehead atoms. The summed E-state index contributed by atoms with van der Waals surface area (Å²) in [4.78, 5) is 15.0. The molecule has 0 saturated carbocycles. The molecule has 0 aliphatic heterocycles. The van der Waals surface area contributed by atoms with Crippen LogP contribution >= 0.6 is 11.8 Å². The fraction of sp³-hybridized carbons (Fsp3) is 0.190. The molecule has 4 rings (SSSR count). The highest BCUT2D eigenvalue weighted by molar-refractivity contribution is 7.98. The molecular formula is C21H19N3O3S. The second-order valence-corrected chi connectivity index (χ2v) is 7.45. The van der Waals surface area contributed by atoms with Gasteiger partial charge in [0, 0.05) is 16.8 Å². The zero-order valence-electron chi connectivity index (χ0n) is 15.6. The number of nitrogens with zero attached hydrogens (tertiary/aromatic N) is 2. The molecule has 28 heavy (non-hydrogen) atoms. The van der Waals surface area contributed by atoms with Gasteiger partial charge in [0.2, 0.25) is 0 Å². The third kappa shape index (κ3) is 4.09. The van der Waals surface area contributed by atoms with E-state index >= 15 is 0 Å². The smallest absolute Gasteiger partial charge is 0.277 e. The molecule has 2 aromatic heterocycles. The van der Waals surface area contributed by atoms with Crippen LogP contribution in [0.25, 0.3) is 10.8 Å². The van der Waals surface area contributed by atoms with Crippen LogP contribution in [-0.2, 0) is 12.4 Å². The number of nitrogens with one attached hydrogen (secondary N) is 1. The van der Waals surface area contributed by atoms with Gasteiger partial charge in [0.05, 0.1) is 0 Å². The highest BCUT2D eigenvalue weighted by Gasteiger charge is 2.10. The van der Waals surface area contributed by atoms with Crippen LogP contribution < -0.4 is 10.3 Å². The standard InChI is InChI=1S/C21H19N3O3S/c1-13-7-8-14(2)18(9-13)26-11-19-23-24-21(27-19)28-12-16-10-15-5-3-4-6-17(15)20(25)22-16/h3-10H,11-12H2,1-2H3,(H,22,25). The average Bonchev–Trinajstić information content (AvgIpc) is 3.15. The third-order valence-corrected chi connectivity index (χ3v) is 5.17. The van der Waals surface area contributed by atoms with Gasteiger partial charge in [0.15, 0.2) is 6.61 Å². The molecule has 0 unspecified atom stereocenters. The number of H-pyrrole nitrogens is 1. The van der Waals surface area contributed by atoms with Crippen LogP contribution in [0.4, 0.5) is 0 Å². The largest absolute Gasteiger partial charge is 0.484 e. The zero-order chi connectivity index (χ0) is 19.5. The highest BCUT2D eigenvalue weighted by atomic mass is 32.2. The first-order valence-corrected chi connectivity index (χ1v) is 9.83. The van der Waals surface area contributed by atoms with E-state index in [1.165, 1.54) is 11.8 Å². The van der Waals surface area contributed by atoms with Gasteiger partial charge in [-0.2, -0.15) is 0 Å². The van der Waals surface area contributed by atoms with E-state index in [0.717, 1.165) is 28.0 Å². The zero-order valence-corrected chi connectivity index (χ0v) is 16.4. The Labute approximate surface area is 166 Å². The monoisotopic (exact) mass is 393 g/mol. The average molecular weight is 393 g/mol. The number of thioether (sulfide) groups is 1. The van der Waals surface area contributed by atoms with Crippen molar-refractivity contribution in [2.45, 2.75) is 31.4 Å². The van der Waals surface area contributed by atoms with Crippen molar-refractivity contribution in [2.24, 2.45) is 0 Å². The number of aromatic nitrogens is 3. The summed E-state index contributed by atoms with van der Waals surface area (Å²) in [6, 6.07) is 15.5. The van der Waals surface area contributed by atoms with Crippen LogP contribution in [0.3, 0.4) is 0 Å². The minimum absolute atomic E-state index is 0.0955. The molecule has 4 aromatic rings. The molecular weight excluding hydrogens is 374 g/mol. The lowest BCUT2D eigenvalue weighted by Crippen LogP contribution is -2.08. The van der Waals surface area contributed by atoms with Crippen LogP contribution in [-0.4, -0.2) is 15.2 Å². The third-order valence-electron chi connectivity index (χ3n) is 4.30. The minimum atomic E-state index is -0.0955. The number of fused-ring (bicyclic) bond motifs is 1. The second-order valence-electron chi connectivity index (χ2n) is 6.52. The highest BCUT2D eigenvalue weighted by Crippen LogP contribution is 2.23. The Hall–Kier alpha value is -3.06. The van der Waals surface area contributed by atoms with Gasteiger partial charge < -0.3 is 14.1 Å². The Bertz CT molecular complexity index is 1180. The Kier molecular flexibility index (Phi) is 5.16. The number of hydrogen-bond donors (Lipinski definition) is 1. The van der Waals surface area contributed by atoms with E-state index in [1.807, 2.05) is 62.4 Å². The van der Waals surface area contributed by atoms with Crippen LogP contribution in [0.2, 0.25) is 0 Å². The molecule has 0 spiro atoms. The van der Waals surface area contributed by atoms with Crippen molar-refractivity contribution >= 4 is 22.5 Å². The van der Waals surface area contributed by atoms with Gasteiger partial charge in [-0.05, 0) is 48.6 Å². The summed E-state index contributed by atoms with van der Waals surface area (Å²) >= 11 is 1.37. The number of ether oxygens (including phenoxy) is 1. The summed E-state index contributed by atoms with van der Waals surface area (Å²) in [6.07, 6.45) is 0. The molecule has 0 atom stereocenters. The van der Waals surface area contributed by atoms with Crippen LogP contribution in [0, 0.1) is 13.8 Å². The molecule has 0 radical (unpaired) electrons. The van der Waals surface area contributed by atoms with Crippen molar-refractivity contribution in [1.29, 1.82) is 0 Å². The Morgan fingerprint density at radius 1 is 1.11 bits per heavy atom. The van der Waals surface area contributed by atoms with E-state index in [2.05, 4.69) is 15.2 Å². The van der Waals surface area contributed by atoms with Crippen molar-refractivity contribution in [3.8, 4) is 5.75 Å². The number of aryl methyl sites for hydroxylation is 2. The summed E-state index contributed by atoms with van der Waals surface area (Å²) in [5.74, 6) is 1.75. The minimum Gasteiger partial charge on any atom is -0.484 e. The molecule has 0 amide bonds. The van der Waals surface area contributed by atoms with Crippen LogP contribution in [0.5, 0.6) is 5.75 Å². The number of aromatic amines is 1. The van der Waals surface area contributed by atoms with Crippen LogP contribution in [0.1, 0.15) is 22.7 Å². The summed E-state index contributed by atoms with van der Waals surface area (Å²) in [5.41, 5.74) is 2.90. The first-order valence-electron chi connectivity index (χ1n) is 8.85. The van der Waals surface area contributed by atoms with Gasteiger partial charge in [-0.1, -0.05) is 42.1 Å². The molecule has 0 fully saturated rings. The SMILES string of the molecule is Cc1ccc(C)c(OCc2nnc(SCc3cc4ccccc4c(=O)[nH]3)o2)c1. The van der Waals surface area contributed by atoms with Gasteiger partial charge in [-0.3, -0.25) is 4.79 Å². The molecule has 0 aliphatic carbocycles. The fourth-order valence-electron chi connectivity index (χ4n) is 2.84. The van der Waals surface area contributed by atoms with Crippen molar-refractivity contribution in [2.75, 3.05) is 0 Å². The van der Waals surface area contributed by atoms with E-state index in [-0.39, 0.29) is 12.2 Å². The molecule has 6 nitrogen and oxygen atoms in total. The molecule has 0 saturated heterocycles. The molecule has 0 aliphatic rings. The predicted octanol–water partition coefficient (Wildman–Crippen LogP) is 4.40. The van der Waals surface area contributed by atoms with Crippen LogP contribution in [0.15, 0.2) is 63.0 Å². The topological polar surface area (TPSA) is 81.0 Å². The number of rotatable bonds is 6. The first-order chi connectivity index (χ1) is 13.6. The van der Waals surface area contributed by atoms with Gasteiger partial charge in [0.25, 0.3) is 16.7 Å². The van der Waals surface area contributed by atoms with Crippen molar-refractivity contribution in [1.82, 2.24) is 15.2 Å². The number of benzene rings is 2. The lowest BCUT2D eigenvalue weighted by Gasteiger charge is -2.07. The summed E-state index contributed by atoms with van der Waals surface area (Å²) in [7, 11) is 0. The van der Waals surface area contributed by atoms with E-state index < -0.39 is 0 Å². The van der Waals surface area contributed by atoms with Gasteiger partial charge in [-0.15, -0.1) is 10.2 Å². The molecule has 2 heterocycles. The molecule has 2 aromatic carbocycles. The summed E-state index contributed by atoms with van der Waals surface area (Å²) in [5, 5.41) is 10.1. The van der Waals surface area contributed by atoms with E-state index in [0.29, 0.717) is 22.3 Å².